The number of nitrogens with one attached hydrogen (secondary N) is 3. The predicted molar refractivity (Wildman–Crippen MR) is 191 cm³/mol. The van der Waals surface area contributed by atoms with Crippen LogP contribution in [-0.4, -0.2) is 122 Å². The maximum atomic E-state index is 13.9. The monoisotopic (exact) mass is 739 g/mol. The number of nitro benzene ring substituents is 1. The molecule has 1 aromatic carbocycles. The average Bonchev–Trinajstić information content (AvgIpc) is 3.61. The van der Waals surface area contributed by atoms with Gasteiger partial charge in [-0.2, -0.15) is 0 Å². The van der Waals surface area contributed by atoms with Crippen molar-refractivity contribution in [3.63, 3.8) is 0 Å². The standard InChI is InChI=1S/C33H53N7O10S/c1-7-21(2)30(38(4)29(43)20-36-33(45)50-24-13-11-23(12-14-24)40(46)47)26(48-5)18-28(42)39-16-8-10-25(39)31(49-6)22(3)32(44)35-19-27(41)37-51-17-9-15-34/h11-14,21-22,25-26,30-31H,7-10,15-20,34H2,1-6H3,(H,35,44)(H,36,45)(H,37,41). The minimum absolute atomic E-state index is 0.0474. The van der Waals surface area contributed by atoms with Crippen molar-refractivity contribution in [2.75, 3.05) is 53.2 Å². The van der Waals surface area contributed by atoms with Gasteiger partial charge >= 0.3 is 6.09 Å². The fourth-order valence-electron chi connectivity index (χ4n) is 6.03. The maximum absolute atomic E-state index is 13.9. The highest BCUT2D eigenvalue weighted by Gasteiger charge is 2.42. The normalized spacial score (nSPS) is 17.0. The van der Waals surface area contributed by atoms with Crippen LogP contribution in [0.5, 0.6) is 5.75 Å². The van der Waals surface area contributed by atoms with Gasteiger partial charge in [0.1, 0.15) is 12.3 Å². The van der Waals surface area contributed by atoms with Crippen LogP contribution in [0.15, 0.2) is 24.3 Å². The van der Waals surface area contributed by atoms with Gasteiger partial charge in [0, 0.05) is 45.7 Å². The molecule has 6 atom stereocenters. The van der Waals surface area contributed by atoms with E-state index in [0.29, 0.717) is 38.1 Å². The zero-order valence-corrected chi connectivity index (χ0v) is 31.1. The second kappa shape index (κ2) is 22.0. The molecule has 0 radical (unpaired) electrons. The molecule has 286 valence electrons. The third-order valence-corrected chi connectivity index (χ3v) is 9.87. The summed E-state index contributed by atoms with van der Waals surface area (Å²) in [4.78, 5) is 78.1. The number of hydrogen-bond donors (Lipinski definition) is 4. The fraction of sp³-hybridized carbons (Fsp3) is 0.667. The molecule has 17 nitrogen and oxygen atoms in total. The highest BCUT2D eigenvalue weighted by atomic mass is 32.2. The summed E-state index contributed by atoms with van der Waals surface area (Å²) in [6.45, 7) is 5.98. The van der Waals surface area contributed by atoms with Gasteiger partial charge in [-0.3, -0.25) is 34.0 Å². The van der Waals surface area contributed by atoms with Crippen molar-refractivity contribution in [1.29, 1.82) is 0 Å². The number of methoxy groups -OCH3 is 2. The molecule has 2 rings (SSSR count). The number of nitrogens with two attached hydrogens (primary N) is 1. The number of ether oxygens (including phenoxy) is 3. The number of non-ortho nitro benzene ring substituents is 1. The largest absolute Gasteiger partial charge is 0.413 e. The van der Waals surface area contributed by atoms with Gasteiger partial charge in [0.25, 0.3) is 5.69 Å². The van der Waals surface area contributed by atoms with E-state index in [1.165, 1.54) is 55.3 Å². The van der Waals surface area contributed by atoms with E-state index in [4.69, 9.17) is 19.9 Å². The van der Waals surface area contributed by atoms with E-state index in [2.05, 4.69) is 15.4 Å². The zero-order chi connectivity index (χ0) is 38.1. The molecule has 0 bridgehead atoms. The first kappa shape index (κ1) is 43.2. The number of amides is 5. The van der Waals surface area contributed by atoms with Crippen molar-refractivity contribution >= 4 is 47.4 Å². The molecular formula is C33H53N7O10S. The number of hydrogen-bond acceptors (Lipinski definition) is 12. The summed E-state index contributed by atoms with van der Waals surface area (Å²) < 4.78 is 19.4. The number of likely N-dealkylation sites (N-methyl/N-ethyl adjacent to an activating group) is 1. The molecule has 6 unspecified atom stereocenters. The smallest absolute Gasteiger partial charge is 0.410 e. The Bertz CT molecular complexity index is 1320. The number of likely N-dealkylation sites (tertiary alicyclic amines) is 1. The molecule has 0 saturated carbocycles. The molecule has 0 spiro atoms. The minimum Gasteiger partial charge on any atom is -0.410 e. The molecule has 1 aliphatic heterocycles. The van der Waals surface area contributed by atoms with Gasteiger partial charge in [-0.15, -0.1) is 0 Å². The number of carbonyl (C=O) groups excluding carboxylic acids is 5. The Hall–Kier alpha value is -4.00. The molecular weight excluding hydrogens is 686 g/mol. The summed E-state index contributed by atoms with van der Waals surface area (Å²) in [6, 6.07) is 4.00. The Balaban J connectivity index is 2.04. The van der Waals surface area contributed by atoms with E-state index in [0.717, 1.165) is 6.42 Å². The van der Waals surface area contributed by atoms with Crippen molar-refractivity contribution < 1.29 is 43.1 Å². The van der Waals surface area contributed by atoms with Gasteiger partial charge in [0.2, 0.25) is 23.6 Å². The Morgan fingerprint density at radius 2 is 1.78 bits per heavy atom. The van der Waals surface area contributed by atoms with E-state index < -0.39 is 53.7 Å². The molecule has 18 heteroatoms. The van der Waals surface area contributed by atoms with E-state index in [1.54, 1.807) is 18.9 Å². The van der Waals surface area contributed by atoms with Crippen molar-refractivity contribution in [1.82, 2.24) is 25.2 Å². The Morgan fingerprint density at radius 1 is 1.10 bits per heavy atom. The molecule has 0 aromatic heterocycles. The minimum atomic E-state index is -0.916. The Kier molecular flexibility index (Phi) is 18.7. The molecule has 5 amide bonds. The van der Waals surface area contributed by atoms with E-state index >= 15 is 0 Å². The second-order valence-electron chi connectivity index (χ2n) is 12.4. The van der Waals surface area contributed by atoms with Gasteiger partial charge in [-0.1, -0.05) is 39.1 Å². The van der Waals surface area contributed by atoms with Crippen LogP contribution in [0.25, 0.3) is 0 Å². The van der Waals surface area contributed by atoms with E-state index in [1.807, 2.05) is 13.8 Å². The lowest BCUT2D eigenvalue weighted by atomic mass is 9.90. The van der Waals surface area contributed by atoms with Crippen molar-refractivity contribution in [3.05, 3.63) is 34.4 Å². The van der Waals surface area contributed by atoms with Gasteiger partial charge < -0.3 is 40.4 Å². The van der Waals surface area contributed by atoms with Gasteiger partial charge in [-0.05, 0) is 43.9 Å². The number of carbonyl (C=O) groups is 5. The molecule has 51 heavy (non-hydrogen) atoms. The lowest BCUT2D eigenvalue weighted by Crippen LogP contribution is -2.54. The second-order valence-corrected chi connectivity index (χ2v) is 13.3. The third kappa shape index (κ3) is 13.2. The number of nitrogens with zero attached hydrogens (tertiary/aromatic N) is 3. The first-order valence-electron chi connectivity index (χ1n) is 17.0. The summed E-state index contributed by atoms with van der Waals surface area (Å²) >= 11 is 1.23. The van der Waals surface area contributed by atoms with Crippen LogP contribution < -0.4 is 25.8 Å². The van der Waals surface area contributed by atoms with Crippen LogP contribution in [0, 0.1) is 22.0 Å². The summed E-state index contributed by atoms with van der Waals surface area (Å²) in [5.41, 5.74) is 5.30. The lowest BCUT2D eigenvalue weighted by molar-refractivity contribution is -0.384. The summed E-state index contributed by atoms with van der Waals surface area (Å²) in [6.07, 6.45) is 0.453. The fourth-order valence-corrected chi connectivity index (χ4v) is 6.67. The number of benzene rings is 1. The summed E-state index contributed by atoms with van der Waals surface area (Å²) in [5.74, 6) is -1.40. The van der Waals surface area contributed by atoms with Crippen LogP contribution in [0.2, 0.25) is 0 Å². The number of rotatable bonds is 21. The van der Waals surface area contributed by atoms with E-state index in [-0.39, 0.29) is 48.0 Å². The Labute approximate surface area is 303 Å². The highest BCUT2D eigenvalue weighted by molar-refractivity contribution is 7.97. The molecule has 1 aromatic rings. The zero-order valence-electron chi connectivity index (χ0n) is 30.3. The van der Waals surface area contributed by atoms with Crippen molar-refractivity contribution in [3.8, 4) is 5.75 Å². The molecule has 0 aliphatic carbocycles. The summed E-state index contributed by atoms with van der Waals surface area (Å²) in [7, 11) is 4.55. The van der Waals surface area contributed by atoms with Crippen LogP contribution in [0.4, 0.5) is 10.5 Å². The molecule has 1 fully saturated rings. The van der Waals surface area contributed by atoms with Crippen molar-refractivity contribution in [2.24, 2.45) is 17.6 Å². The average molecular weight is 740 g/mol. The summed E-state index contributed by atoms with van der Waals surface area (Å²) in [5, 5.41) is 15.9. The molecule has 1 saturated heterocycles. The first-order valence-corrected chi connectivity index (χ1v) is 18.0. The third-order valence-electron chi connectivity index (χ3n) is 9.01. The SMILES string of the molecule is CCC(C)C(C(CC(=O)N1CCCC1C(OC)C(C)C(=O)NCC(=O)NSCCCN)OC)N(C)C(=O)CNC(=O)Oc1ccc([N+](=O)[O-])cc1. The predicted octanol–water partition coefficient (Wildman–Crippen LogP) is 1.83. The lowest BCUT2D eigenvalue weighted by Gasteiger charge is -2.39. The number of nitro groups is 1. The topological polar surface area (TPSA) is 225 Å². The van der Waals surface area contributed by atoms with Gasteiger partial charge in [0.15, 0.2) is 0 Å². The highest BCUT2D eigenvalue weighted by Crippen LogP contribution is 2.29. The van der Waals surface area contributed by atoms with Crippen LogP contribution in [0.3, 0.4) is 0 Å². The van der Waals surface area contributed by atoms with Crippen LogP contribution >= 0.6 is 11.9 Å². The first-order chi connectivity index (χ1) is 24.3. The molecule has 1 aliphatic rings. The quantitative estimate of drug-likeness (QED) is 0.0614. The molecule has 5 N–H and O–H groups in total. The molecule has 1 heterocycles. The Morgan fingerprint density at radius 3 is 2.37 bits per heavy atom. The van der Waals surface area contributed by atoms with Crippen molar-refractivity contribution in [2.45, 2.75) is 77.2 Å². The van der Waals surface area contributed by atoms with Crippen LogP contribution in [0.1, 0.15) is 52.9 Å². The van der Waals surface area contributed by atoms with Crippen LogP contribution in [-0.2, 0) is 28.7 Å². The van der Waals surface area contributed by atoms with Gasteiger partial charge in [0.05, 0.1) is 48.1 Å². The van der Waals surface area contributed by atoms with Gasteiger partial charge in [-0.25, -0.2) is 4.79 Å². The maximum Gasteiger partial charge on any atom is 0.413 e. The van der Waals surface area contributed by atoms with E-state index in [9.17, 15) is 34.1 Å².